The Morgan fingerprint density at radius 2 is 1.62 bits per heavy atom. The van der Waals surface area contributed by atoms with Crippen molar-refractivity contribution in [2.24, 2.45) is 0 Å². The highest BCUT2D eigenvalue weighted by molar-refractivity contribution is 5.42. The van der Waals surface area contributed by atoms with Gasteiger partial charge >= 0.3 is 0 Å². The van der Waals surface area contributed by atoms with E-state index in [1.807, 2.05) is 6.92 Å². The fourth-order valence-electron chi connectivity index (χ4n) is 1.37. The summed E-state index contributed by atoms with van der Waals surface area (Å²) in [5.41, 5.74) is 5.09. The van der Waals surface area contributed by atoms with Gasteiger partial charge in [0.1, 0.15) is 0 Å². The molecule has 0 atom stereocenters. The second-order valence-electron chi connectivity index (χ2n) is 3.67. The molecule has 0 aliphatic carbocycles. The van der Waals surface area contributed by atoms with Crippen LogP contribution in [-0.4, -0.2) is 11.7 Å². The van der Waals surface area contributed by atoms with Crippen LogP contribution in [0.15, 0.2) is 12.1 Å². The van der Waals surface area contributed by atoms with Gasteiger partial charge in [-0.3, -0.25) is 0 Å². The molecule has 0 saturated carbocycles. The summed E-state index contributed by atoms with van der Waals surface area (Å²) in [6.45, 7) is 8.45. The van der Waals surface area contributed by atoms with Gasteiger partial charge in [-0.15, -0.1) is 0 Å². The monoisotopic (exact) mass is 177 g/mol. The van der Waals surface area contributed by atoms with Gasteiger partial charge in [0, 0.05) is 5.92 Å². The van der Waals surface area contributed by atoms with Crippen molar-refractivity contribution in [3.8, 4) is 0 Å². The topological polar surface area (TPSA) is 20.2 Å². The smallest absolute Gasteiger partial charge is 0.0534 e. The lowest BCUT2D eigenvalue weighted by Crippen LogP contribution is -2.02. The molecule has 0 saturated heterocycles. The third kappa shape index (κ3) is 2.10. The van der Waals surface area contributed by atoms with Crippen LogP contribution in [0.25, 0.3) is 0 Å². The van der Waals surface area contributed by atoms with Crippen molar-refractivity contribution in [3.05, 3.63) is 40.3 Å². The second-order valence-corrected chi connectivity index (χ2v) is 3.67. The Balaban J connectivity index is 3.13. The Morgan fingerprint density at radius 3 is 2.00 bits per heavy atom. The zero-order valence-corrected chi connectivity index (χ0v) is 8.81. The van der Waals surface area contributed by atoms with Gasteiger partial charge in [-0.2, -0.15) is 0 Å². The third-order valence-electron chi connectivity index (χ3n) is 2.66. The highest BCUT2D eigenvalue weighted by atomic mass is 16.3. The Kier molecular flexibility index (Phi) is 3.10. The van der Waals surface area contributed by atoms with Crippen molar-refractivity contribution >= 4 is 0 Å². The first-order chi connectivity index (χ1) is 6.06. The molecule has 0 aliphatic rings. The Labute approximate surface area is 80.4 Å². The second kappa shape index (κ2) is 3.93. The van der Waals surface area contributed by atoms with Crippen molar-refractivity contribution < 1.29 is 5.11 Å². The number of aliphatic hydroxyl groups is 1. The highest BCUT2D eigenvalue weighted by Gasteiger charge is 2.07. The van der Waals surface area contributed by atoms with Crippen LogP contribution in [0.3, 0.4) is 0 Å². The lowest BCUT2D eigenvalue weighted by Gasteiger charge is -2.12. The van der Waals surface area contributed by atoms with Gasteiger partial charge in [-0.1, -0.05) is 19.1 Å². The molecular formula is C12H17O. The lowest BCUT2D eigenvalue weighted by molar-refractivity contribution is 0.315. The first kappa shape index (κ1) is 10.3. The van der Waals surface area contributed by atoms with Crippen molar-refractivity contribution in [1.29, 1.82) is 0 Å². The molecule has 0 aromatic heterocycles. The minimum Gasteiger partial charge on any atom is -0.395 e. The lowest BCUT2D eigenvalue weighted by atomic mass is 9.94. The predicted octanol–water partition coefficient (Wildman–Crippen LogP) is 2.55. The van der Waals surface area contributed by atoms with Crippen LogP contribution in [0.1, 0.15) is 29.2 Å². The Bertz CT molecular complexity index is 279. The highest BCUT2D eigenvalue weighted by Crippen LogP contribution is 2.20. The normalized spacial score (nSPS) is 10.9. The van der Waals surface area contributed by atoms with E-state index in [1.165, 1.54) is 16.7 Å². The van der Waals surface area contributed by atoms with E-state index in [9.17, 15) is 0 Å². The summed E-state index contributed by atoms with van der Waals surface area (Å²) in [5, 5.41) is 9.00. The van der Waals surface area contributed by atoms with Crippen LogP contribution < -0.4 is 0 Å². The van der Waals surface area contributed by atoms with E-state index in [2.05, 4.69) is 32.9 Å². The largest absolute Gasteiger partial charge is 0.395 e. The van der Waals surface area contributed by atoms with E-state index in [-0.39, 0.29) is 6.61 Å². The number of hydrogen-bond acceptors (Lipinski definition) is 1. The van der Waals surface area contributed by atoms with E-state index in [4.69, 9.17) is 5.11 Å². The summed E-state index contributed by atoms with van der Waals surface area (Å²) < 4.78 is 0. The van der Waals surface area contributed by atoms with E-state index in [1.54, 1.807) is 0 Å². The molecule has 0 aliphatic heterocycles. The van der Waals surface area contributed by atoms with E-state index >= 15 is 0 Å². The number of rotatable bonds is 2. The molecule has 0 bridgehead atoms. The molecule has 1 rings (SSSR count). The van der Waals surface area contributed by atoms with Gasteiger partial charge in [-0.25, -0.2) is 0 Å². The molecule has 0 amide bonds. The molecule has 1 aromatic carbocycles. The zero-order valence-electron chi connectivity index (χ0n) is 8.81. The fourth-order valence-corrected chi connectivity index (χ4v) is 1.37. The maximum Gasteiger partial charge on any atom is 0.0534 e. The molecular weight excluding hydrogens is 160 g/mol. The first-order valence-corrected chi connectivity index (χ1v) is 4.57. The van der Waals surface area contributed by atoms with E-state index in [0.717, 1.165) is 11.5 Å². The van der Waals surface area contributed by atoms with Crippen molar-refractivity contribution in [2.45, 2.75) is 27.7 Å². The minimum absolute atomic E-state index is 0.141. The molecule has 1 radical (unpaired) electrons. The van der Waals surface area contributed by atoms with Crippen LogP contribution >= 0.6 is 0 Å². The molecule has 0 unspecified atom stereocenters. The van der Waals surface area contributed by atoms with Gasteiger partial charge in [0.2, 0.25) is 0 Å². The van der Waals surface area contributed by atoms with Crippen LogP contribution in [-0.2, 0) is 0 Å². The van der Waals surface area contributed by atoms with Gasteiger partial charge in [-0.05, 0) is 43.0 Å². The molecule has 71 valence electrons. The fraction of sp³-hybridized carbons (Fsp3) is 0.417. The van der Waals surface area contributed by atoms with E-state index in [0.29, 0.717) is 0 Å². The minimum atomic E-state index is 0.141. The summed E-state index contributed by atoms with van der Waals surface area (Å²) in [6, 6.07) is 4.27. The number of hydrogen-bond donors (Lipinski definition) is 1. The average Bonchev–Trinajstić information content (AvgIpc) is 2.12. The number of aryl methyl sites for hydroxylation is 2. The van der Waals surface area contributed by atoms with E-state index < -0.39 is 0 Å². The van der Waals surface area contributed by atoms with Crippen molar-refractivity contribution in [1.82, 2.24) is 0 Å². The molecule has 0 heterocycles. The summed E-state index contributed by atoms with van der Waals surface area (Å²) >= 11 is 0. The van der Waals surface area contributed by atoms with Crippen LogP contribution in [0.4, 0.5) is 0 Å². The Hall–Kier alpha value is -0.820. The molecule has 1 aromatic rings. The molecule has 0 fully saturated rings. The predicted molar refractivity (Wildman–Crippen MR) is 55.8 cm³/mol. The van der Waals surface area contributed by atoms with Crippen LogP contribution in [0, 0.1) is 26.7 Å². The van der Waals surface area contributed by atoms with Gasteiger partial charge in [0.15, 0.2) is 0 Å². The SMILES string of the molecule is C[C](CO)c1cc(C)c(C)c(C)c1. The van der Waals surface area contributed by atoms with Crippen LogP contribution in [0.5, 0.6) is 0 Å². The standard InChI is InChI=1S/C12H17O/c1-8-5-12(10(3)7-13)6-9(2)11(8)4/h5-6,13H,7H2,1-4H3. The quantitative estimate of drug-likeness (QED) is 0.736. The summed E-state index contributed by atoms with van der Waals surface area (Å²) in [7, 11) is 0. The molecule has 13 heavy (non-hydrogen) atoms. The van der Waals surface area contributed by atoms with Crippen molar-refractivity contribution in [2.75, 3.05) is 6.61 Å². The maximum absolute atomic E-state index is 9.00. The summed E-state index contributed by atoms with van der Waals surface area (Å²) in [6.07, 6.45) is 0. The van der Waals surface area contributed by atoms with Crippen LogP contribution in [0.2, 0.25) is 0 Å². The molecule has 1 heteroatoms. The van der Waals surface area contributed by atoms with Gasteiger partial charge in [0.25, 0.3) is 0 Å². The Morgan fingerprint density at radius 1 is 1.15 bits per heavy atom. The number of benzene rings is 1. The average molecular weight is 177 g/mol. The van der Waals surface area contributed by atoms with Gasteiger partial charge < -0.3 is 5.11 Å². The summed E-state index contributed by atoms with van der Waals surface area (Å²) in [5.74, 6) is 1.03. The summed E-state index contributed by atoms with van der Waals surface area (Å²) in [4.78, 5) is 0. The molecule has 1 nitrogen and oxygen atoms in total. The third-order valence-corrected chi connectivity index (χ3v) is 2.66. The van der Waals surface area contributed by atoms with Gasteiger partial charge in [0.05, 0.1) is 6.61 Å². The maximum atomic E-state index is 9.00. The van der Waals surface area contributed by atoms with Crippen molar-refractivity contribution in [3.63, 3.8) is 0 Å². The zero-order chi connectivity index (χ0) is 10.0. The first-order valence-electron chi connectivity index (χ1n) is 4.57. The number of aliphatic hydroxyl groups excluding tert-OH is 1. The molecule has 1 N–H and O–H groups in total. The molecule has 0 spiro atoms.